The first kappa shape index (κ1) is 31.2. The smallest absolute Gasteiger partial charge is 0.326 e. The van der Waals surface area contributed by atoms with Crippen molar-refractivity contribution in [3.63, 3.8) is 0 Å². The molecule has 0 saturated carbocycles. The summed E-state index contributed by atoms with van der Waals surface area (Å²) in [4.78, 5) is 78.5. The number of hydrogen-bond acceptors (Lipinski definition) is 9. The maximum Gasteiger partial charge on any atom is 0.326 e. The van der Waals surface area contributed by atoms with Crippen molar-refractivity contribution in [1.82, 2.24) is 34.6 Å². The number of amides is 2. The third-order valence-electron chi connectivity index (χ3n) is 5.53. The van der Waals surface area contributed by atoms with Crippen LogP contribution in [-0.2, 0) is 50.2 Å². The van der Waals surface area contributed by atoms with E-state index >= 15 is 0 Å². The van der Waals surface area contributed by atoms with Crippen molar-refractivity contribution in [2.75, 3.05) is 6.54 Å². The Morgan fingerprint density at radius 1 is 0.725 bits per heavy atom. The zero-order chi connectivity index (χ0) is 29.8. The Morgan fingerprint density at radius 3 is 1.57 bits per heavy atom. The van der Waals surface area contributed by atoms with E-state index in [0.717, 1.165) is 0 Å². The lowest BCUT2D eigenvalue weighted by Gasteiger charge is -2.25. The van der Waals surface area contributed by atoms with Crippen LogP contribution >= 0.6 is 0 Å². The summed E-state index contributed by atoms with van der Waals surface area (Å²) in [5, 5.41) is 50.1. The number of aromatic nitrogens is 4. The van der Waals surface area contributed by atoms with Gasteiger partial charge in [0.1, 0.15) is 36.8 Å². The average molecular weight is 568 g/mol. The summed E-state index contributed by atoms with van der Waals surface area (Å²) in [6.07, 6.45) is 4.49. The lowest BCUT2D eigenvalue weighted by Crippen LogP contribution is -2.51. The summed E-state index contributed by atoms with van der Waals surface area (Å²) in [5.41, 5.74) is 0. The van der Waals surface area contributed by atoms with E-state index in [1.807, 2.05) is 5.32 Å². The zero-order valence-electron chi connectivity index (χ0n) is 21.0. The second-order valence-electron chi connectivity index (χ2n) is 8.56. The normalized spacial score (nSPS) is 12.4. The molecule has 2 rings (SSSR count). The summed E-state index contributed by atoms with van der Waals surface area (Å²) < 4.78 is 2.73. The van der Waals surface area contributed by atoms with E-state index in [0.29, 0.717) is 11.6 Å². The van der Waals surface area contributed by atoms with Crippen LogP contribution in [0.25, 0.3) is 0 Å². The second kappa shape index (κ2) is 14.8. The van der Waals surface area contributed by atoms with Crippen LogP contribution in [0.1, 0.15) is 30.9 Å². The molecule has 40 heavy (non-hydrogen) atoms. The third-order valence-corrected chi connectivity index (χ3v) is 5.53. The van der Waals surface area contributed by atoms with E-state index in [4.69, 9.17) is 15.3 Å². The molecule has 2 atom stereocenters. The van der Waals surface area contributed by atoms with Gasteiger partial charge in [-0.05, 0) is 12.8 Å². The number of nitrogens with zero attached hydrogens (tertiary/aromatic N) is 5. The molecule has 0 saturated heterocycles. The van der Waals surface area contributed by atoms with Gasteiger partial charge in [-0.3, -0.25) is 19.3 Å². The summed E-state index contributed by atoms with van der Waals surface area (Å²) >= 11 is 0. The minimum atomic E-state index is -1.57. The Kier molecular flexibility index (Phi) is 11.6. The van der Waals surface area contributed by atoms with Crippen LogP contribution in [0.5, 0.6) is 0 Å². The maximum absolute atomic E-state index is 12.3. The fourth-order valence-corrected chi connectivity index (χ4v) is 3.63. The van der Waals surface area contributed by atoms with Gasteiger partial charge >= 0.3 is 35.9 Å². The topological polar surface area (TPSA) is 267 Å². The molecule has 0 aliphatic carbocycles. The van der Waals surface area contributed by atoms with Gasteiger partial charge in [0, 0.05) is 37.8 Å². The number of carbonyl (C=O) groups is 6. The number of rotatable bonds is 18. The summed E-state index contributed by atoms with van der Waals surface area (Å²) in [6.45, 7) is -0.783. The van der Waals surface area contributed by atoms with Crippen LogP contribution in [0.15, 0.2) is 24.8 Å². The molecule has 7 N–H and O–H groups in total. The minimum absolute atomic E-state index is 0.00895. The number of aliphatic carboxylic acids is 5. The molecule has 0 bridgehead atoms. The Balaban J connectivity index is 2.17. The van der Waals surface area contributed by atoms with Crippen LogP contribution in [0.3, 0.4) is 0 Å². The Morgan fingerprint density at radius 2 is 1.18 bits per heavy atom. The highest BCUT2D eigenvalue weighted by atomic mass is 16.4. The van der Waals surface area contributed by atoms with Crippen molar-refractivity contribution in [3.8, 4) is 0 Å². The quantitative estimate of drug-likeness (QED) is 0.110. The Bertz CT molecular complexity index is 1170. The molecule has 0 spiro atoms. The van der Waals surface area contributed by atoms with Crippen molar-refractivity contribution in [2.24, 2.45) is 0 Å². The number of urea groups is 1. The molecule has 18 nitrogen and oxygen atoms in total. The Hall–Kier alpha value is -5.00. The molecule has 0 fully saturated rings. The Labute approximate surface area is 225 Å². The maximum atomic E-state index is 12.3. The van der Waals surface area contributed by atoms with Gasteiger partial charge in [0.25, 0.3) is 0 Å². The number of carboxylic acid groups (broad SMARTS) is 5. The van der Waals surface area contributed by atoms with E-state index in [2.05, 4.69) is 15.3 Å². The average Bonchev–Trinajstić information content (AvgIpc) is 3.46. The first-order valence-corrected chi connectivity index (χ1v) is 11.8. The van der Waals surface area contributed by atoms with Gasteiger partial charge in [-0.25, -0.2) is 24.4 Å². The van der Waals surface area contributed by atoms with Crippen molar-refractivity contribution >= 4 is 35.9 Å². The molecule has 0 unspecified atom stereocenters. The summed E-state index contributed by atoms with van der Waals surface area (Å²) in [6, 6.07) is -4.21. The number of hydrogen-bond donors (Lipinski definition) is 7. The third kappa shape index (κ3) is 10.4. The van der Waals surface area contributed by atoms with Crippen molar-refractivity contribution < 1.29 is 54.3 Å². The first-order chi connectivity index (χ1) is 18.8. The molecule has 2 heterocycles. The first-order valence-electron chi connectivity index (χ1n) is 11.8. The minimum Gasteiger partial charge on any atom is -0.481 e. The highest BCUT2D eigenvalue weighted by Crippen LogP contribution is 2.11. The van der Waals surface area contributed by atoms with Crippen LogP contribution in [0.4, 0.5) is 4.79 Å². The predicted octanol–water partition coefficient (Wildman–Crippen LogP) is -1.29. The van der Waals surface area contributed by atoms with E-state index < -0.39 is 60.8 Å². The van der Waals surface area contributed by atoms with E-state index in [9.17, 15) is 39.0 Å². The number of nitrogens with one attached hydrogen (secondary N) is 2. The monoisotopic (exact) mass is 567 g/mol. The van der Waals surface area contributed by atoms with Gasteiger partial charge in [0.2, 0.25) is 0 Å². The molecule has 0 aliphatic heterocycles. The van der Waals surface area contributed by atoms with Gasteiger partial charge in [0.15, 0.2) is 0 Å². The van der Waals surface area contributed by atoms with Gasteiger partial charge in [-0.1, -0.05) is 0 Å². The summed E-state index contributed by atoms with van der Waals surface area (Å²) in [5.74, 6) is -5.81. The predicted molar refractivity (Wildman–Crippen MR) is 130 cm³/mol. The fourth-order valence-electron chi connectivity index (χ4n) is 3.63. The van der Waals surface area contributed by atoms with Crippen LogP contribution in [-0.4, -0.2) is 104 Å². The number of carboxylic acids is 5. The highest BCUT2D eigenvalue weighted by Gasteiger charge is 2.26. The van der Waals surface area contributed by atoms with E-state index in [1.165, 1.54) is 33.9 Å². The van der Waals surface area contributed by atoms with Gasteiger partial charge in [-0.2, -0.15) is 0 Å². The molecule has 2 aromatic heterocycles. The van der Waals surface area contributed by atoms with Crippen molar-refractivity contribution in [2.45, 2.75) is 57.5 Å². The zero-order valence-corrected chi connectivity index (χ0v) is 21.0. The van der Waals surface area contributed by atoms with Crippen LogP contribution in [0.2, 0.25) is 0 Å². The van der Waals surface area contributed by atoms with Crippen molar-refractivity contribution in [3.05, 3.63) is 36.4 Å². The van der Waals surface area contributed by atoms with Crippen molar-refractivity contribution in [1.29, 1.82) is 0 Å². The second-order valence-corrected chi connectivity index (χ2v) is 8.56. The molecule has 2 amide bonds. The molecule has 0 aliphatic rings. The molecule has 2 aromatic rings. The molecule has 0 radical (unpaired) electrons. The largest absolute Gasteiger partial charge is 0.481 e. The molecule has 0 aromatic carbocycles. The SMILES string of the molecule is O=C(O)CC[C@H](NC(=O)N[C@@H](CCN(Cc1nccn1CC(=O)O)Cc1nccn1CC(=O)O)C(=O)O)C(=O)O. The van der Waals surface area contributed by atoms with Crippen LogP contribution < -0.4 is 10.6 Å². The molecule has 18 heteroatoms. The van der Waals surface area contributed by atoms with E-state index in [1.54, 1.807) is 4.90 Å². The van der Waals surface area contributed by atoms with Gasteiger partial charge < -0.3 is 45.3 Å². The van der Waals surface area contributed by atoms with Crippen LogP contribution in [0, 0.1) is 0 Å². The van der Waals surface area contributed by atoms with Gasteiger partial charge in [0.05, 0.1) is 13.1 Å². The highest BCUT2D eigenvalue weighted by molar-refractivity contribution is 5.86. The number of imidazole rings is 2. The molecule has 218 valence electrons. The fraction of sp³-hybridized carbons (Fsp3) is 0.455. The summed E-state index contributed by atoms with van der Waals surface area (Å²) in [7, 11) is 0. The number of carbonyl (C=O) groups excluding carboxylic acids is 1. The standard InChI is InChI=1S/C22H29N7O11/c30-17(31)2-1-13(20(36)37)25-22(40)26-14(21(38)39)3-6-27(9-15-23-4-7-28(15)11-18(32)33)10-16-24-5-8-29(16)12-19(34)35/h4-5,7-8,13-14H,1-3,6,9-12H2,(H,30,31)(H,32,33)(H,34,35)(H,36,37)(H,38,39)(H2,25,26,40)/t13-,14-/m0/s1. The molecular weight excluding hydrogens is 538 g/mol. The van der Waals surface area contributed by atoms with Gasteiger partial charge in [-0.15, -0.1) is 0 Å². The lowest BCUT2D eigenvalue weighted by atomic mass is 10.1. The lowest BCUT2D eigenvalue weighted by molar-refractivity contribution is -0.141. The molecular formula is C22H29N7O11. The van der Waals surface area contributed by atoms with E-state index in [-0.39, 0.29) is 39.1 Å².